The molecule has 0 aliphatic heterocycles. The molecule has 0 rings (SSSR count). The Morgan fingerprint density at radius 2 is 1.71 bits per heavy atom. The fourth-order valence-electron chi connectivity index (χ4n) is 0.893. The number of aliphatic carboxylic acids is 1. The second-order valence-electron chi connectivity index (χ2n) is 3.06. The molecule has 8 heteroatoms. The molecule has 0 aromatic carbocycles. The Kier molecular flexibility index (Phi) is 8.03. The van der Waals surface area contributed by atoms with Crippen LogP contribution in [0, 0.1) is 0 Å². The van der Waals surface area contributed by atoms with E-state index in [-0.39, 0.29) is 19.4 Å². The van der Waals surface area contributed by atoms with Crippen molar-refractivity contribution in [3.8, 4) is 0 Å². The monoisotopic (exact) mass is 268 g/mol. The first-order valence-corrected chi connectivity index (χ1v) is 6.78. The van der Waals surface area contributed by atoms with E-state index in [0.717, 1.165) is 6.08 Å². The summed E-state index contributed by atoms with van der Waals surface area (Å²) in [5, 5.41) is 8.52. The minimum absolute atomic E-state index is 0.182. The molecular formula is C9H17O7P. The van der Waals surface area contributed by atoms with Crippen LogP contribution in [0.5, 0.6) is 0 Å². The topological polar surface area (TPSA) is 91.3 Å². The van der Waals surface area contributed by atoms with Gasteiger partial charge in [-0.25, -0.2) is 14.6 Å². The van der Waals surface area contributed by atoms with Crippen molar-refractivity contribution in [2.45, 2.75) is 20.8 Å². The van der Waals surface area contributed by atoms with Gasteiger partial charge in [0.25, 0.3) is 0 Å². The van der Waals surface area contributed by atoms with Crippen LogP contribution in [0.1, 0.15) is 20.8 Å². The highest BCUT2D eigenvalue weighted by atomic mass is 31.2. The van der Waals surface area contributed by atoms with Crippen LogP contribution >= 0.6 is 7.60 Å². The van der Waals surface area contributed by atoms with Crippen LogP contribution in [0.25, 0.3) is 0 Å². The first kappa shape index (κ1) is 16.3. The Labute approximate surface area is 99.7 Å². The van der Waals surface area contributed by atoms with E-state index in [1.54, 1.807) is 13.8 Å². The summed E-state index contributed by atoms with van der Waals surface area (Å²) in [6.07, 6.45) is 0.691. The molecule has 0 aromatic heterocycles. The van der Waals surface area contributed by atoms with Gasteiger partial charge in [0.05, 0.1) is 19.4 Å². The highest BCUT2D eigenvalue weighted by molar-refractivity contribution is 7.53. The Balaban J connectivity index is 4.57. The van der Waals surface area contributed by atoms with E-state index in [1.807, 2.05) is 0 Å². The minimum atomic E-state index is -3.64. The summed E-state index contributed by atoms with van der Waals surface area (Å²) in [6, 6.07) is 0. The van der Waals surface area contributed by atoms with Crippen molar-refractivity contribution >= 4 is 13.6 Å². The number of hydrogen-bond donors (Lipinski definition) is 1. The van der Waals surface area contributed by atoms with Gasteiger partial charge in [-0.1, -0.05) is 5.57 Å². The van der Waals surface area contributed by atoms with Crippen LogP contribution in [0.15, 0.2) is 11.6 Å². The van der Waals surface area contributed by atoms with Gasteiger partial charge in [-0.05, 0) is 20.8 Å². The zero-order chi connectivity index (χ0) is 13.3. The van der Waals surface area contributed by atoms with Crippen LogP contribution in [0.4, 0.5) is 0 Å². The lowest BCUT2D eigenvalue weighted by atomic mass is 10.3. The fraction of sp³-hybridized carbons (Fsp3) is 0.667. The van der Waals surface area contributed by atoms with E-state index in [2.05, 4.69) is 19.1 Å². The molecular weight excluding hydrogens is 251 g/mol. The standard InChI is InChI=1S/C9H17O7P/c1-4-13-15-17(12,16-14-5-2)7-8(3)6-9(10)11/h6H,4-5,7H2,1-3H3,(H,10,11)/b8-6+. The normalized spacial score (nSPS) is 12.8. The summed E-state index contributed by atoms with van der Waals surface area (Å²) >= 11 is 0. The van der Waals surface area contributed by atoms with Gasteiger partial charge in [-0.15, -0.1) is 9.35 Å². The second-order valence-corrected chi connectivity index (χ2v) is 4.90. The van der Waals surface area contributed by atoms with E-state index in [4.69, 9.17) is 5.11 Å². The molecule has 0 aliphatic rings. The van der Waals surface area contributed by atoms with Crippen LogP contribution in [0.2, 0.25) is 0 Å². The van der Waals surface area contributed by atoms with Crippen molar-refractivity contribution in [1.82, 2.24) is 0 Å². The predicted octanol–water partition coefficient (Wildman–Crippen LogP) is 2.15. The van der Waals surface area contributed by atoms with Gasteiger partial charge in [-0.3, -0.25) is 4.57 Å². The molecule has 0 unspecified atom stereocenters. The van der Waals surface area contributed by atoms with E-state index in [0.29, 0.717) is 5.57 Å². The van der Waals surface area contributed by atoms with Crippen molar-refractivity contribution < 1.29 is 33.6 Å². The molecule has 0 atom stereocenters. The SMILES string of the molecule is CCOOP(=O)(C/C(C)=C/C(=O)O)OOCC. The van der Waals surface area contributed by atoms with Gasteiger partial charge in [0.15, 0.2) is 0 Å². The van der Waals surface area contributed by atoms with Crippen molar-refractivity contribution in [3.05, 3.63) is 11.6 Å². The summed E-state index contributed by atoms with van der Waals surface area (Å²) in [7, 11) is -3.64. The molecule has 0 amide bonds. The zero-order valence-electron chi connectivity index (χ0n) is 10.0. The number of hydrogen-bond acceptors (Lipinski definition) is 6. The maximum absolute atomic E-state index is 12.0. The quantitative estimate of drug-likeness (QED) is 0.296. The maximum atomic E-state index is 12.0. The van der Waals surface area contributed by atoms with Crippen molar-refractivity contribution in [1.29, 1.82) is 0 Å². The first-order chi connectivity index (χ1) is 7.93. The molecule has 17 heavy (non-hydrogen) atoms. The Morgan fingerprint density at radius 1 is 1.24 bits per heavy atom. The summed E-state index contributed by atoms with van der Waals surface area (Å²) in [5.74, 6) is -1.14. The summed E-state index contributed by atoms with van der Waals surface area (Å²) in [6.45, 7) is 5.14. The van der Waals surface area contributed by atoms with Crippen molar-refractivity contribution in [2.75, 3.05) is 19.4 Å². The molecule has 0 saturated carbocycles. The largest absolute Gasteiger partial charge is 0.478 e. The molecule has 0 spiro atoms. The molecule has 0 saturated heterocycles. The van der Waals surface area contributed by atoms with Gasteiger partial charge in [0.2, 0.25) is 0 Å². The third-order valence-corrected chi connectivity index (χ3v) is 2.93. The van der Waals surface area contributed by atoms with Crippen LogP contribution in [-0.2, 0) is 28.5 Å². The third kappa shape index (κ3) is 8.06. The Hall–Kier alpha value is -0.720. The van der Waals surface area contributed by atoms with Gasteiger partial charge in [0.1, 0.15) is 0 Å². The molecule has 0 radical (unpaired) electrons. The fourth-order valence-corrected chi connectivity index (χ4v) is 2.26. The number of allylic oxidation sites excluding steroid dienone is 1. The summed E-state index contributed by atoms with van der Waals surface area (Å²) < 4.78 is 21.2. The molecule has 100 valence electrons. The number of carbonyl (C=O) groups is 1. The number of rotatable bonds is 9. The van der Waals surface area contributed by atoms with Gasteiger partial charge >= 0.3 is 13.6 Å². The molecule has 0 heterocycles. The average Bonchev–Trinajstić information content (AvgIpc) is 2.22. The van der Waals surface area contributed by atoms with Gasteiger partial charge in [-0.2, -0.15) is 0 Å². The molecule has 0 fully saturated rings. The van der Waals surface area contributed by atoms with E-state index in [1.165, 1.54) is 6.92 Å². The molecule has 0 aliphatic carbocycles. The van der Waals surface area contributed by atoms with Crippen molar-refractivity contribution in [3.63, 3.8) is 0 Å². The summed E-state index contributed by atoms with van der Waals surface area (Å²) in [5.41, 5.74) is 0.320. The van der Waals surface area contributed by atoms with Gasteiger partial charge < -0.3 is 5.11 Å². The second kappa shape index (κ2) is 8.38. The van der Waals surface area contributed by atoms with Gasteiger partial charge in [0, 0.05) is 6.08 Å². The predicted molar refractivity (Wildman–Crippen MR) is 59.3 cm³/mol. The van der Waals surface area contributed by atoms with Crippen LogP contribution in [-0.4, -0.2) is 30.5 Å². The highest BCUT2D eigenvalue weighted by Gasteiger charge is 2.28. The van der Waals surface area contributed by atoms with Crippen LogP contribution < -0.4 is 0 Å². The number of carboxylic acid groups (broad SMARTS) is 1. The molecule has 0 bridgehead atoms. The maximum Gasteiger partial charge on any atom is 0.388 e. The number of carboxylic acids is 1. The first-order valence-electron chi connectivity index (χ1n) is 5.05. The van der Waals surface area contributed by atoms with E-state index >= 15 is 0 Å². The van der Waals surface area contributed by atoms with E-state index in [9.17, 15) is 9.36 Å². The molecule has 7 nitrogen and oxygen atoms in total. The lowest BCUT2D eigenvalue weighted by molar-refractivity contribution is -0.262. The van der Waals surface area contributed by atoms with E-state index < -0.39 is 13.6 Å². The van der Waals surface area contributed by atoms with Crippen LogP contribution in [0.3, 0.4) is 0 Å². The lowest BCUT2D eigenvalue weighted by Gasteiger charge is -2.15. The Morgan fingerprint density at radius 3 is 2.06 bits per heavy atom. The van der Waals surface area contributed by atoms with Crippen molar-refractivity contribution in [2.24, 2.45) is 0 Å². The smallest absolute Gasteiger partial charge is 0.388 e. The highest BCUT2D eigenvalue weighted by Crippen LogP contribution is 2.50. The molecule has 1 N–H and O–H groups in total. The Bertz CT molecular complexity index is 300. The third-order valence-electron chi connectivity index (χ3n) is 1.38. The average molecular weight is 268 g/mol. The lowest BCUT2D eigenvalue weighted by Crippen LogP contribution is -2.04. The molecule has 0 aromatic rings. The summed E-state index contributed by atoms with van der Waals surface area (Å²) in [4.78, 5) is 19.5. The minimum Gasteiger partial charge on any atom is -0.478 e. The zero-order valence-corrected chi connectivity index (χ0v) is 10.9.